The third-order valence-electron chi connectivity index (χ3n) is 3.59. The van der Waals surface area contributed by atoms with E-state index in [1.165, 1.54) is 0 Å². The highest BCUT2D eigenvalue weighted by Crippen LogP contribution is 2.21. The van der Waals surface area contributed by atoms with Crippen molar-refractivity contribution in [1.82, 2.24) is 5.32 Å². The van der Waals surface area contributed by atoms with Gasteiger partial charge in [0.1, 0.15) is 0 Å². The van der Waals surface area contributed by atoms with Crippen LogP contribution < -0.4 is 5.32 Å². The van der Waals surface area contributed by atoms with E-state index < -0.39 is 5.97 Å². The molecular formula is C16H22BrNO3. The van der Waals surface area contributed by atoms with Crippen LogP contribution >= 0.6 is 15.9 Å². The molecule has 0 heterocycles. The number of carbonyl (C=O) groups excluding carboxylic acids is 1. The molecule has 1 amide bonds. The van der Waals surface area contributed by atoms with E-state index in [4.69, 9.17) is 5.11 Å². The van der Waals surface area contributed by atoms with Crippen LogP contribution in [0.25, 0.3) is 0 Å². The molecule has 0 fully saturated rings. The molecule has 4 nitrogen and oxygen atoms in total. The SMILES string of the molecule is CC(C)C(CCNC(=O)c1ccccc1Br)CCC(=O)O. The molecule has 0 aliphatic rings. The van der Waals surface area contributed by atoms with Crippen molar-refractivity contribution in [2.24, 2.45) is 11.8 Å². The summed E-state index contributed by atoms with van der Waals surface area (Å²) in [6.45, 7) is 4.73. The summed E-state index contributed by atoms with van der Waals surface area (Å²) < 4.78 is 0.772. The molecule has 1 rings (SSSR count). The number of carbonyl (C=O) groups is 2. The Kier molecular flexibility index (Phi) is 7.43. The Morgan fingerprint density at radius 3 is 2.48 bits per heavy atom. The van der Waals surface area contributed by atoms with Gasteiger partial charge in [-0.05, 0) is 52.7 Å². The Labute approximate surface area is 134 Å². The van der Waals surface area contributed by atoms with Crippen molar-refractivity contribution in [3.63, 3.8) is 0 Å². The number of amides is 1. The lowest BCUT2D eigenvalue weighted by Crippen LogP contribution is -2.27. The summed E-state index contributed by atoms with van der Waals surface area (Å²) in [5, 5.41) is 11.7. The molecule has 0 aliphatic carbocycles. The minimum absolute atomic E-state index is 0.108. The van der Waals surface area contributed by atoms with Crippen molar-refractivity contribution in [3.8, 4) is 0 Å². The predicted molar refractivity (Wildman–Crippen MR) is 86.3 cm³/mol. The van der Waals surface area contributed by atoms with E-state index in [-0.39, 0.29) is 12.3 Å². The van der Waals surface area contributed by atoms with Gasteiger partial charge in [0.2, 0.25) is 0 Å². The molecule has 5 heteroatoms. The Balaban J connectivity index is 2.45. The van der Waals surface area contributed by atoms with Crippen molar-refractivity contribution in [1.29, 1.82) is 0 Å². The topological polar surface area (TPSA) is 66.4 Å². The molecule has 0 spiro atoms. The van der Waals surface area contributed by atoms with Crippen LogP contribution in [0.15, 0.2) is 28.7 Å². The van der Waals surface area contributed by atoms with Gasteiger partial charge in [0.15, 0.2) is 0 Å². The average Bonchev–Trinajstić information content (AvgIpc) is 2.42. The monoisotopic (exact) mass is 355 g/mol. The maximum absolute atomic E-state index is 12.0. The number of rotatable bonds is 8. The number of carboxylic acids is 1. The first-order valence-electron chi connectivity index (χ1n) is 7.16. The minimum atomic E-state index is -0.766. The zero-order chi connectivity index (χ0) is 15.8. The normalized spacial score (nSPS) is 12.2. The van der Waals surface area contributed by atoms with E-state index in [0.717, 1.165) is 10.9 Å². The number of carboxylic acid groups (broad SMARTS) is 1. The van der Waals surface area contributed by atoms with Gasteiger partial charge in [-0.25, -0.2) is 0 Å². The summed E-state index contributed by atoms with van der Waals surface area (Å²) in [6.07, 6.45) is 1.63. The fraction of sp³-hybridized carbons (Fsp3) is 0.500. The number of nitrogens with one attached hydrogen (secondary N) is 1. The van der Waals surface area contributed by atoms with Crippen molar-refractivity contribution in [3.05, 3.63) is 34.3 Å². The van der Waals surface area contributed by atoms with Crippen molar-refractivity contribution < 1.29 is 14.7 Å². The highest BCUT2D eigenvalue weighted by atomic mass is 79.9. The van der Waals surface area contributed by atoms with Gasteiger partial charge in [0.25, 0.3) is 5.91 Å². The molecule has 1 aromatic rings. The minimum Gasteiger partial charge on any atom is -0.481 e. The van der Waals surface area contributed by atoms with Crippen LogP contribution in [0.2, 0.25) is 0 Å². The molecule has 1 unspecified atom stereocenters. The molecule has 0 saturated carbocycles. The second-order valence-electron chi connectivity index (χ2n) is 5.46. The van der Waals surface area contributed by atoms with E-state index in [1.807, 2.05) is 18.2 Å². The fourth-order valence-electron chi connectivity index (χ4n) is 2.23. The van der Waals surface area contributed by atoms with Crippen molar-refractivity contribution in [2.75, 3.05) is 6.54 Å². The van der Waals surface area contributed by atoms with E-state index in [1.54, 1.807) is 6.07 Å². The maximum atomic E-state index is 12.0. The molecule has 2 N–H and O–H groups in total. The van der Waals surface area contributed by atoms with Gasteiger partial charge < -0.3 is 10.4 Å². The summed E-state index contributed by atoms with van der Waals surface area (Å²) in [4.78, 5) is 22.7. The highest BCUT2D eigenvalue weighted by molar-refractivity contribution is 9.10. The Hall–Kier alpha value is -1.36. The Bertz CT molecular complexity index is 488. The van der Waals surface area contributed by atoms with Crippen LogP contribution in [0.1, 0.15) is 43.5 Å². The largest absolute Gasteiger partial charge is 0.481 e. The quantitative estimate of drug-likeness (QED) is 0.746. The van der Waals surface area contributed by atoms with Gasteiger partial charge in [0.05, 0.1) is 5.56 Å². The van der Waals surface area contributed by atoms with Gasteiger partial charge in [0, 0.05) is 17.4 Å². The smallest absolute Gasteiger partial charge is 0.303 e. The van der Waals surface area contributed by atoms with Gasteiger partial charge >= 0.3 is 5.97 Å². The van der Waals surface area contributed by atoms with Crippen LogP contribution in [-0.2, 0) is 4.79 Å². The standard InChI is InChI=1S/C16H22BrNO3/c1-11(2)12(7-8-15(19)20)9-10-18-16(21)13-5-3-4-6-14(13)17/h3-6,11-12H,7-10H2,1-2H3,(H,18,21)(H,19,20). The zero-order valence-electron chi connectivity index (χ0n) is 12.4. The lowest BCUT2D eigenvalue weighted by atomic mass is 9.88. The molecule has 0 aliphatic heterocycles. The molecule has 0 bridgehead atoms. The van der Waals surface area contributed by atoms with E-state index in [0.29, 0.717) is 30.4 Å². The van der Waals surface area contributed by atoms with Crippen LogP contribution in [0.3, 0.4) is 0 Å². The maximum Gasteiger partial charge on any atom is 0.303 e. The van der Waals surface area contributed by atoms with Crippen LogP contribution in [-0.4, -0.2) is 23.5 Å². The molecule has 1 atom stereocenters. The second-order valence-corrected chi connectivity index (χ2v) is 6.32. The van der Waals surface area contributed by atoms with E-state index in [2.05, 4.69) is 35.1 Å². The number of halogens is 1. The van der Waals surface area contributed by atoms with Crippen molar-refractivity contribution >= 4 is 27.8 Å². The zero-order valence-corrected chi connectivity index (χ0v) is 14.0. The third-order valence-corrected chi connectivity index (χ3v) is 4.28. The van der Waals surface area contributed by atoms with E-state index in [9.17, 15) is 9.59 Å². The van der Waals surface area contributed by atoms with Gasteiger partial charge in [-0.1, -0.05) is 26.0 Å². The Morgan fingerprint density at radius 1 is 1.24 bits per heavy atom. The summed E-state index contributed by atoms with van der Waals surface area (Å²) in [5.74, 6) is -0.161. The first kappa shape index (κ1) is 17.7. The first-order valence-corrected chi connectivity index (χ1v) is 7.95. The van der Waals surface area contributed by atoms with Crippen LogP contribution in [0.5, 0.6) is 0 Å². The molecule has 116 valence electrons. The molecule has 0 saturated heterocycles. The van der Waals surface area contributed by atoms with E-state index >= 15 is 0 Å². The number of benzene rings is 1. The second kappa shape index (κ2) is 8.82. The van der Waals surface area contributed by atoms with Gasteiger partial charge in [-0.2, -0.15) is 0 Å². The number of aliphatic carboxylic acids is 1. The third kappa shape index (κ3) is 6.29. The van der Waals surface area contributed by atoms with Gasteiger partial charge in [-0.15, -0.1) is 0 Å². The van der Waals surface area contributed by atoms with Crippen LogP contribution in [0.4, 0.5) is 0 Å². The Morgan fingerprint density at radius 2 is 1.90 bits per heavy atom. The van der Waals surface area contributed by atoms with Crippen molar-refractivity contribution in [2.45, 2.75) is 33.1 Å². The lowest BCUT2D eigenvalue weighted by Gasteiger charge is -2.20. The average molecular weight is 356 g/mol. The highest BCUT2D eigenvalue weighted by Gasteiger charge is 2.16. The summed E-state index contributed by atoms with van der Waals surface area (Å²) in [5.41, 5.74) is 0.615. The molecule has 0 aromatic heterocycles. The summed E-state index contributed by atoms with van der Waals surface area (Å²) in [7, 11) is 0. The molecule has 1 aromatic carbocycles. The first-order chi connectivity index (χ1) is 9.91. The summed E-state index contributed by atoms with van der Waals surface area (Å²) >= 11 is 3.36. The number of hydrogen-bond donors (Lipinski definition) is 2. The molecule has 0 radical (unpaired) electrons. The van der Waals surface area contributed by atoms with Crippen LogP contribution in [0, 0.1) is 11.8 Å². The summed E-state index contributed by atoms with van der Waals surface area (Å²) in [6, 6.07) is 7.29. The number of hydrogen-bond acceptors (Lipinski definition) is 2. The molecule has 21 heavy (non-hydrogen) atoms. The fourth-order valence-corrected chi connectivity index (χ4v) is 2.70. The van der Waals surface area contributed by atoms with Gasteiger partial charge in [-0.3, -0.25) is 9.59 Å². The molecular weight excluding hydrogens is 334 g/mol. The predicted octanol–water partition coefficient (Wildman–Crippen LogP) is 3.71. The lowest BCUT2D eigenvalue weighted by molar-refractivity contribution is -0.137.